The molecule has 1 unspecified atom stereocenters. The zero-order valence-electron chi connectivity index (χ0n) is 10.9. The largest absolute Gasteiger partial charge is 0.340 e. The molecule has 2 rings (SSSR count). The van der Waals surface area contributed by atoms with E-state index in [0.717, 1.165) is 10.0 Å². The third kappa shape index (κ3) is 3.38. The van der Waals surface area contributed by atoms with Crippen molar-refractivity contribution in [2.24, 2.45) is 0 Å². The SMILES string of the molecule is CC(CCl)(NC(=O)c1ccc(Br)cn1)c1ccccc1. The molecule has 1 atom stereocenters. The second-order valence-electron chi connectivity index (χ2n) is 4.65. The zero-order chi connectivity index (χ0) is 14.6. The molecule has 1 N–H and O–H groups in total. The summed E-state index contributed by atoms with van der Waals surface area (Å²) in [6, 6.07) is 13.1. The maximum absolute atomic E-state index is 12.3. The summed E-state index contributed by atoms with van der Waals surface area (Å²) in [5, 5.41) is 2.95. The summed E-state index contributed by atoms with van der Waals surface area (Å²) in [5.74, 6) is 0.0312. The van der Waals surface area contributed by atoms with E-state index in [2.05, 4.69) is 26.2 Å². The summed E-state index contributed by atoms with van der Waals surface area (Å²) in [5.41, 5.74) is 0.690. The molecule has 1 aromatic heterocycles. The molecule has 2 aromatic rings. The van der Waals surface area contributed by atoms with Gasteiger partial charge in [-0.05, 0) is 40.5 Å². The summed E-state index contributed by atoms with van der Waals surface area (Å²) < 4.78 is 0.831. The van der Waals surface area contributed by atoms with Gasteiger partial charge in [0.25, 0.3) is 5.91 Å². The van der Waals surface area contributed by atoms with Gasteiger partial charge in [-0.15, -0.1) is 11.6 Å². The van der Waals surface area contributed by atoms with Crippen molar-refractivity contribution in [2.75, 3.05) is 5.88 Å². The number of hydrogen-bond acceptors (Lipinski definition) is 2. The van der Waals surface area contributed by atoms with Crippen molar-refractivity contribution in [3.8, 4) is 0 Å². The van der Waals surface area contributed by atoms with Crippen LogP contribution in [0.5, 0.6) is 0 Å². The molecule has 0 aliphatic heterocycles. The Balaban J connectivity index is 2.22. The van der Waals surface area contributed by atoms with Crippen LogP contribution in [0.25, 0.3) is 0 Å². The molecule has 1 amide bonds. The molecular formula is C15H14BrClN2O. The van der Waals surface area contributed by atoms with Gasteiger partial charge in [-0.3, -0.25) is 4.79 Å². The van der Waals surface area contributed by atoms with E-state index in [1.54, 1.807) is 18.3 Å². The normalized spacial score (nSPS) is 13.6. The van der Waals surface area contributed by atoms with Crippen LogP contribution in [0.2, 0.25) is 0 Å². The van der Waals surface area contributed by atoms with Crippen LogP contribution < -0.4 is 5.32 Å². The summed E-state index contributed by atoms with van der Waals surface area (Å²) in [6.45, 7) is 1.89. The molecule has 20 heavy (non-hydrogen) atoms. The molecular weight excluding hydrogens is 340 g/mol. The molecule has 0 saturated heterocycles. The molecule has 104 valence electrons. The molecule has 0 saturated carbocycles. The van der Waals surface area contributed by atoms with Crippen molar-refractivity contribution in [3.63, 3.8) is 0 Å². The Morgan fingerprint density at radius 2 is 2.00 bits per heavy atom. The number of alkyl halides is 1. The first kappa shape index (κ1) is 15.0. The number of aromatic nitrogens is 1. The first-order valence-electron chi connectivity index (χ1n) is 6.11. The van der Waals surface area contributed by atoms with Gasteiger partial charge in [-0.1, -0.05) is 30.3 Å². The maximum Gasteiger partial charge on any atom is 0.270 e. The summed E-state index contributed by atoms with van der Waals surface area (Å²) in [7, 11) is 0. The average molecular weight is 354 g/mol. The lowest BCUT2D eigenvalue weighted by Crippen LogP contribution is -2.45. The van der Waals surface area contributed by atoms with Crippen LogP contribution in [0.4, 0.5) is 0 Å². The second kappa shape index (κ2) is 6.37. The minimum absolute atomic E-state index is 0.246. The Morgan fingerprint density at radius 3 is 2.55 bits per heavy atom. The van der Waals surface area contributed by atoms with Gasteiger partial charge in [0.2, 0.25) is 0 Å². The van der Waals surface area contributed by atoms with E-state index < -0.39 is 5.54 Å². The number of nitrogens with one attached hydrogen (secondary N) is 1. The molecule has 0 spiro atoms. The van der Waals surface area contributed by atoms with Crippen LogP contribution in [0.1, 0.15) is 23.0 Å². The molecule has 1 aromatic carbocycles. The van der Waals surface area contributed by atoms with Gasteiger partial charge in [0.15, 0.2) is 0 Å². The smallest absolute Gasteiger partial charge is 0.270 e. The van der Waals surface area contributed by atoms with Crippen LogP contribution in [0.3, 0.4) is 0 Å². The molecule has 0 radical (unpaired) electrons. The number of rotatable bonds is 4. The quantitative estimate of drug-likeness (QED) is 0.851. The van der Waals surface area contributed by atoms with Crippen molar-refractivity contribution in [2.45, 2.75) is 12.5 Å². The van der Waals surface area contributed by atoms with E-state index >= 15 is 0 Å². The number of halogens is 2. The minimum atomic E-state index is -0.630. The minimum Gasteiger partial charge on any atom is -0.340 e. The van der Waals surface area contributed by atoms with Gasteiger partial charge in [-0.25, -0.2) is 4.98 Å². The molecule has 5 heteroatoms. The molecule has 0 aliphatic carbocycles. The number of benzene rings is 1. The van der Waals surface area contributed by atoms with E-state index in [1.165, 1.54) is 0 Å². The third-order valence-corrected chi connectivity index (χ3v) is 4.03. The molecule has 3 nitrogen and oxygen atoms in total. The average Bonchev–Trinajstić information content (AvgIpc) is 2.48. The van der Waals surface area contributed by atoms with E-state index in [1.807, 2.05) is 37.3 Å². The summed E-state index contributed by atoms with van der Waals surface area (Å²) in [6.07, 6.45) is 1.59. The van der Waals surface area contributed by atoms with Gasteiger partial charge < -0.3 is 5.32 Å². The second-order valence-corrected chi connectivity index (χ2v) is 5.83. The van der Waals surface area contributed by atoms with Gasteiger partial charge in [0, 0.05) is 16.5 Å². The lowest BCUT2D eigenvalue weighted by molar-refractivity contribution is 0.0908. The van der Waals surface area contributed by atoms with Gasteiger partial charge in [-0.2, -0.15) is 0 Å². The van der Waals surface area contributed by atoms with E-state index in [4.69, 9.17) is 11.6 Å². The highest BCUT2D eigenvalue weighted by Gasteiger charge is 2.28. The topological polar surface area (TPSA) is 42.0 Å². The van der Waals surface area contributed by atoms with Crippen LogP contribution >= 0.6 is 27.5 Å². The highest BCUT2D eigenvalue weighted by atomic mass is 79.9. The van der Waals surface area contributed by atoms with Crippen molar-refractivity contribution < 1.29 is 4.79 Å². The van der Waals surface area contributed by atoms with E-state index in [9.17, 15) is 4.79 Å². The molecule has 0 bridgehead atoms. The van der Waals surface area contributed by atoms with Gasteiger partial charge in [0.1, 0.15) is 5.69 Å². The Bertz CT molecular complexity index is 589. The number of carbonyl (C=O) groups is 1. The van der Waals surface area contributed by atoms with E-state index in [-0.39, 0.29) is 11.8 Å². The molecule has 0 fully saturated rings. The highest BCUT2D eigenvalue weighted by Crippen LogP contribution is 2.22. The highest BCUT2D eigenvalue weighted by molar-refractivity contribution is 9.10. The van der Waals surface area contributed by atoms with Crippen LogP contribution in [-0.4, -0.2) is 16.8 Å². The Morgan fingerprint density at radius 1 is 1.30 bits per heavy atom. The van der Waals surface area contributed by atoms with E-state index in [0.29, 0.717) is 5.69 Å². The van der Waals surface area contributed by atoms with Crippen LogP contribution in [0.15, 0.2) is 53.1 Å². The number of amides is 1. The Hall–Kier alpha value is -1.39. The monoisotopic (exact) mass is 352 g/mol. The summed E-state index contributed by atoms with van der Waals surface area (Å²) >= 11 is 9.35. The predicted molar refractivity (Wildman–Crippen MR) is 83.9 cm³/mol. The summed E-state index contributed by atoms with van der Waals surface area (Å²) in [4.78, 5) is 16.3. The number of hydrogen-bond donors (Lipinski definition) is 1. The number of carbonyl (C=O) groups excluding carboxylic acids is 1. The van der Waals surface area contributed by atoms with Gasteiger partial charge in [0.05, 0.1) is 5.54 Å². The van der Waals surface area contributed by atoms with Crippen molar-refractivity contribution in [1.29, 1.82) is 0 Å². The lowest BCUT2D eigenvalue weighted by Gasteiger charge is -2.29. The van der Waals surface area contributed by atoms with Crippen molar-refractivity contribution in [1.82, 2.24) is 10.3 Å². The third-order valence-electron chi connectivity index (χ3n) is 3.03. The van der Waals surface area contributed by atoms with Crippen LogP contribution in [0, 0.1) is 0 Å². The van der Waals surface area contributed by atoms with Crippen molar-refractivity contribution >= 4 is 33.4 Å². The lowest BCUT2D eigenvalue weighted by atomic mass is 9.94. The fourth-order valence-corrected chi connectivity index (χ4v) is 2.27. The Kier molecular flexibility index (Phi) is 4.78. The predicted octanol–water partition coefficient (Wildman–Crippen LogP) is 3.73. The number of nitrogens with zero attached hydrogens (tertiary/aromatic N) is 1. The van der Waals surface area contributed by atoms with Crippen molar-refractivity contribution in [3.05, 3.63) is 64.4 Å². The van der Waals surface area contributed by atoms with Crippen LogP contribution in [-0.2, 0) is 5.54 Å². The number of pyridine rings is 1. The molecule has 0 aliphatic rings. The first-order valence-corrected chi connectivity index (χ1v) is 7.43. The molecule has 1 heterocycles. The fraction of sp³-hybridized carbons (Fsp3) is 0.200. The maximum atomic E-state index is 12.3. The van der Waals surface area contributed by atoms with Gasteiger partial charge >= 0.3 is 0 Å². The Labute approximate surface area is 131 Å². The fourth-order valence-electron chi connectivity index (χ4n) is 1.81. The zero-order valence-corrected chi connectivity index (χ0v) is 13.3. The standard InChI is InChI=1S/C15H14BrClN2O/c1-15(10-17,11-5-3-2-4-6-11)19-14(20)13-8-7-12(16)9-18-13/h2-9H,10H2,1H3,(H,19,20). The first-order chi connectivity index (χ1) is 9.55.